The van der Waals surface area contributed by atoms with Gasteiger partial charge in [0.25, 0.3) is 0 Å². The van der Waals surface area contributed by atoms with E-state index in [1.54, 1.807) is 6.08 Å². The van der Waals surface area contributed by atoms with E-state index in [0.29, 0.717) is 0 Å². The number of allylic oxidation sites excluding steroid dienone is 3. The lowest BCUT2D eigenvalue weighted by Crippen LogP contribution is -1.97. The van der Waals surface area contributed by atoms with Gasteiger partial charge >= 0.3 is 0 Å². The van der Waals surface area contributed by atoms with E-state index < -0.39 is 0 Å². The lowest BCUT2D eigenvalue weighted by molar-refractivity contribution is 0.182. The minimum Gasteiger partial charge on any atom is -0.393 e. The predicted molar refractivity (Wildman–Crippen MR) is 44.9 cm³/mol. The summed E-state index contributed by atoms with van der Waals surface area (Å²) in [4.78, 5) is 0. The Labute approximate surface area is 63.1 Å². The molecule has 1 atom stereocenters. The van der Waals surface area contributed by atoms with E-state index in [-0.39, 0.29) is 6.10 Å². The summed E-state index contributed by atoms with van der Waals surface area (Å²) in [7, 11) is 0. The van der Waals surface area contributed by atoms with Crippen molar-refractivity contribution in [2.75, 3.05) is 0 Å². The van der Waals surface area contributed by atoms with Gasteiger partial charge in [0, 0.05) is 0 Å². The van der Waals surface area contributed by atoms with Crippen LogP contribution in [0.4, 0.5) is 0 Å². The Bertz CT molecular complexity index is 103. The summed E-state index contributed by atoms with van der Waals surface area (Å²) in [5, 5.41) is 8.86. The first-order valence-electron chi connectivity index (χ1n) is 3.73. The second kappa shape index (κ2) is 6.56. The third-order valence-corrected chi connectivity index (χ3v) is 1.26. The smallest absolute Gasteiger partial charge is 0.0512 e. The molecule has 0 bridgehead atoms. The molecule has 0 rings (SSSR count). The maximum Gasteiger partial charge on any atom is 0.0512 e. The van der Waals surface area contributed by atoms with Crippen LogP contribution in [0.15, 0.2) is 24.8 Å². The van der Waals surface area contributed by atoms with Crippen LogP contribution in [-0.2, 0) is 0 Å². The largest absolute Gasteiger partial charge is 0.393 e. The van der Waals surface area contributed by atoms with E-state index in [1.165, 1.54) is 0 Å². The average Bonchev–Trinajstić information content (AvgIpc) is 1.87. The first kappa shape index (κ1) is 9.44. The van der Waals surface area contributed by atoms with Crippen molar-refractivity contribution in [1.82, 2.24) is 0 Å². The molecule has 1 heteroatoms. The molecule has 0 radical (unpaired) electrons. The average molecular weight is 140 g/mol. The van der Waals surface area contributed by atoms with Gasteiger partial charge in [-0.15, -0.1) is 0 Å². The van der Waals surface area contributed by atoms with Crippen LogP contribution < -0.4 is 0 Å². The van der Waals surface area contributed by atoms with Gasteiger partial charge in [-0.05, 0) is 26.2 Å². The highest BCUT2D eigenvalue weighted by molar-refractivity contribution is 4.96. The molecule has 0 spiro atoms. The maximum absolute atomic E-state index is 8.86. The normalized spacial score (nSPS) is 13.8. The summed E-state index contributed by atoms with van der Waals surface area (Å²) in [6, 6.07) is 0. The molecule has 0 fully saturated rings. The van der Waals surface area contributed by atoms with Crippen molar-refractivity contribution in [2.24, 2.45) is 0 Å². The summed E-state index contributed by atoms with van der Waals surface area (Å²) >= 11 is 0. The molecule has 0 aromatic heterocycles. The van der Waals surface area contributed by atoms with E-state index in [9.17, 15) is 0 Å². The third-order valence-electron chi connectivity index (χ3n) is 1.26. The minimum atomic E-state index is -0.155. The molecule has 0 saturated heterocycles. The quantitative estimate of drug-likeness (QED) is 0.459. The van der Waals surface area contributed by atoms with Crippen LogP contribution in [0.5, 0.6) is 0 Å². The molecule has 0 saturated carbocycles. The highest BCUT2D eigenvalue weighted by atomic mass is 16.3. The Morgan fingerprint density at radius 2 is 2.30 bits per heavy atom. The van der Waals surface area contributed by atoms with Crippen molar-refractivity contribution in [3.8, 4) is 0 Å². The van der Waals surface area contributed by atoms with E-state index in [1.807, 2.05) is 13.0 Å². The second-order valence-electron chi connectivity index (χ2n) is 2.44. The van der Waals surface area contributed by atoms with Gasteiger partial charge in [0.05, 0.1) is 6.10 Å². The van der Waals surface area contributed by atoms with Crippen molar-refractivity contribution >= 4 is 0 Å². The van der Waals surface area contributed by atoms with Crippen LogP contribution in [0.25, 0.3) is 0 Å². The number of unbranched alkanes of at least 4 members (excludes halogenated alkanes) is 1. The SMILES string of the molecule is C=C/C=C\CCC[C@H](C)O. The lowest BCUT2D eigenvalue weighted by atomic mass is 10.2. The van der Waals surface area contributed by atoms with Crippen molar-refractivity contribution in [2.45, 2.75) is 32.3 Å². The maximum atomic E-state index is 8.86. The van der Waals surface area contributed by atoms with Crippen molar-refractivity contribution < 1.29 is 5.11 Å². The summed E-state index contributed by atoms with van der Waals surface area (Å²) < 4.78 is 0. The molecular formula is C9H16O. The molecule has 0 aromatic rings. The molecule has 58 valence electrons. The number of aliphatic hydroxyl groups is 1. The van der Waals surface area contributed by atoms with Gasteiger partial charge in [-0.3, -0.25) is 0 Å². The van der Waals surface area contributed by atoms with Crippen LogP contribution in [0.1, 0.15) is 26.2 Å². The van der Waals surface area contributed by atoms with Crippen LogP contribution >= 0.6 is 0 Å². The zero-order valence-corrected chi connectivity index (χ0v) is 6.59. The summed E-state index contributed by atoms with van der Waals surface area (Å²) in [6.45, 7) is 5.37. The fraction of sp³-hybridized carbons (Fsp3) is 0.556. The Morgan fingerprint density at radius 1 is 1.60 bits per heavy atom. The van der Waals surface area contributed by atoms with E-state index in [4.69, 9.17) is 5.11 Å². The highest BCUT2D eigenvalue weighted by Gasteiger charge is 1.91. The fourth-order valence-corrected chi connectivity index (χ4v) is 0.724. The summed E-state index contributed by atoms with van der Waals surface area (Å²) in [5.41, 5.74) is 0. The molecule has 10 heavy (non-hydrogen) atoms. The molecule has 0 aliphatic rings. The van der Waals surface area contributed by atoms with Gasteiger partial charge in [-0.2, -0.15) is 0 Å². The van der Waals surface area contributed by atoms with Gasteiger partial charge in [-0.1, -0.05) is 24.8 Å². The van der Waals surface area contributed by atoms with Crippen LogP contribution in [0, 0.1) is 0 Å². The predicted octanol–water partition coefficient (Wildman–Crippen LogP) is 2.28. The highest BCUT2D eigenvalue weighted by Crippen LogP contribution is 2.00. The summed E-state index contributed by atoms with van der Waals surface area (Å²) in [5.74, 6) is 0. The monoisotopic (exact) mass is 140 g/mol. The minimum absolute atomic E-state index is 0.155. The fourth-order valence-electron chi connectivity index (χ4n) is 0.724. The first-order valence-corrected chi connectivity index (χ1v) is 3.73. The molecule has 0 aliphatic carbocycles. The molecule has 0 aromatic carbocycles. The number of aliphatic hydroxyl groups excluding tert-OH is 1. The number of hydrogen-bond donors (Lipinski definition) is 1. The van der Waals surface area contributed by atoms with Gasteiger partial charge in [0.1, 0.15) is 0 Å². The van der Waals surface area contributed by atoms with Gasteiger partial charge in [0.2, 0.25) is 0 Å². The van der Waals surface area contributed by atoms with Crippen molar-refractivity contribution in [3.63, 3.8) is 0 Å². The van der Waals surface area contributed by atoms with E-state index in [0.717, 1.165) is 19.3 Å². The van der Waals surface area contributed by atoms with Crippen molar-refractivity contribution in [1.29, 1.82) is 0 Å². The van der Waals surface area contributed by atoms with Gasteiger partial charge in [-0.25, -0.2) is 0 Å². The Kier molecular flexibility index (Phi) is 6.19. The van der Waals surface area contributed by atoms with Gasteiger partial charge in [0.15, 0.2) is 0 Å². The topological polar surface area (TPSA) is 20.2 Å². The molecule has 0 unspecified atom stereocenters. The molecule has 0 aliphatic heterocycles. The first-order chi connectivity index (χ1) is 4.77. The third kappa shape index (κ3) is 7.44. The van der Waals surface area contributed by atoms with Crippen LogP contribution in [-0.4, -0.2) is 11.2 Å². The Morgan fingerprint density at radius 3 is 2.80 bits per heavy atom. The molecule has 1 nitrogen and oxygen atoms in total. The summed E-state index contributed by atoms with van der Waals surface area (Å²) in [6.07, 6.45) is 8.59. The zero-order chi connectivity index (χ0) is 7.82. The van der Waals surface area contributed by atoms with Crippen molar-refractivity contribution in [3.05, 3.63) is 24.8 Å². The van der Waals surface area contributed by atoms with Crippen LogP contribution in [0.2, 0.25) is 0 Å². The Balaban J connectivity index is 3.04. The van der Waals surface area contributed by atoms with Gasteiger partial charge < -0.3 is 5.11 Å². The Hall–Kier alpha value is -0.560. The number of rotatable bonds is 5. The van der Waals surface area contributed by atoms with E-state index in [2.05, 4.69) is 12.7 Å². The van der Waals surface area contributed by atoms with Crippen LogP contribution in [0.3, 0.4) is 0 Å². The molecule has 0 heterocycles. The zero-order valence-electron chi connectivity index (χ0n) is 6.59. The molecular weight excluding hydrogens is 124 g/mol. The molecule has 1 N–H and O–H groups in total. The standard InChI is InChI=1S/C9H16O/c1-3-4-5-6-7-8-9(2)10/h3-5,9-10H,1,6-8H2,2H3/b5-4-/t9-/m0/s1. The molecule has 0 amide bonds. The number of hydrogen-bond acceptors (Lipinski definition) is 1. The van der Waals surface area contributed by atoms with E-state index >= 15 is 0 Å². The lowest BCUT2D eigenvalue weighted by Gasteiger charge is -1.99. The second-order valence-corrected chi connectivity index (χ2v) is 2.44.